The Morgan fingerprint density at radius 3 is 2.40 bits per heavy atom. The summed E-state index contributed by atoms with van der Waals surface area (Å²) in [5.41, 5.74) is 0. The molecule has 0 aliphatic heterocycles. The zero-order valence-corrected chi connectivity index (χ0v) is 5.89. The number of hydrogen-bond acceptors (Lipinski definition) is 0. The maximum Gasteiger partial charge on any atom is 0.237 e. The first-order valence-corrected chi connectivity index (χ1v) is 3.34. The van der Waals surface area contributed by atoms with Crippen LogP contribution in [-0.4, -0.2) is 5.13 Å². The van der Waals surface area contributed by atoms with Gasteiger partial charge >= 0.3 is 0 Å². The van der Waals surface area contributed by atoms with E-state index in [4.69, 9.17) is 11.6 Å². The van der Waals surface area contributed by atoms with E-state index in [1.165, 1.54) is 0 Å². The van der Waals surface area contributed by atoms with E-state index in [0.717, 1.165) is 0 Å². The molecule has 0 aromatic carbocycles. The molecule has 1 aliphatic rings. The summed E-state index contributed by atoms with van der Waals surface area (Å²) >= 11 is 4.98. The normalized spacial score (nSPS) is 34.8. The predicted octanol–water partition coefficient (Wildman–Crippen LogP) is 3.23. The van der Waals surface area contributed by atoms with Crippen LogP contribution in [0.15, 0.2) is 11.7 Å². The average molecular weight is 171 g/mol. The van der Waals surface area contributed by atoms with Gasteiger partial charge in [0.25, 0.3) is 0 Å². The fourth-order valence-electron chi connectivity index (χ4n) is 0.884. The van der Waals surface area contributed by atoms with Crippen LogP contribution in [-0.2, 0) is 0 Å². The lowest BCUT2D eigenvalue weighted by Gasteiger charge is -2.20. The topological polar surface area (TPSA) is 0 Å². The van der Waals surface area contributed by atoms with Crippen LogP contribution < -0.4 is 0 Å². The van der Waals surface area contributed by atoms with Gasteiger partial charge in [-0.05, 0) is 6.42 Å². The van der Waals surface area contributed by atoms with Gasteiger partial charge in [-0.25, -0.2) is 13.2 Å². The lowest BCUT2D eigenvalue weighted by Crippen LogP contribution is -2.19. The second kappa shape index (κ2) is 2.46. The fourth-order valence-corrected chi connectivity index (χ4v) is 1.12. The van der Waals surface area contributed by atoms with Crippen molar-refractivity contribution in [1.82, 2.24) is 0 Å². The molecule has 0 saturated heterocycles. The van der Waals surface area contributed by atoms with Gasteiger partial charge in [-0.2, -0.15) is 0 Å². The minimum absolute atomic E-state index is 0.0375. The monoisotopic (exact) mass is 170 g/mol. The zero-order chi connectivity index (χ0) is 7.78. The third-order valence-corrected chi connectivity index (χ3v) is 1.80. The van der Waals surface area contributed by atoms with E-state index in [-0.39, 0.29) is 19.3 Å². The molecule has 4 heteroatoms. The smallest absolute Gasteiger partial charge is 0.218 e. The Morgan fingerprint density at radius 1 is 1.40 bits per heavy atom. The Labute approximate surface area is 61.7 Å². The molecular formula is C6H6ClF3. The van der Waals surface area contributed by atoms with Gasteiger partial charge < -0.3 is 0 Å². The largest absolute Gasteiger partial charge is 0.237 e. The summed E-state index contributed by atoms with van der Waals surface area (Å²) in [6.45, 7) is 0. The van der Waals surface area contributed by atoms with Crippen molar-refractivity contribution < 1.29 is 13.2 Å². The Hall–Kier alpha value is -0.180. The molecule has 0 N–H and O–H groups in total. The molecule has 58 valence electrons. The van der Waals surface area contributed by atoms with Gasteiger partial charge in [0.1, 0.15) is 5.83 Å². The highest BCUT2D eigenvalue weighted by Gasteiger charge is 2.38. The number of allylic oxidation sites excluding steroid dienone is 2. The Kier molecular flexibility index (Phi) is 1.95. The summed E-state index contributed by atoms with van der Waals surface area (Å²) in [6.07, 6.45) is 0.0806. The summed E-state index contributed by atoms with van der Waals surface area (Å²) in [7, 11) is 0. The molecule has 0 spiro atoms. The summed E-state index contributed by atoms with van der Waals surface area (Å²) in [5.74, 6) is -2.50. The molecule has 0 radical (unpaired) electrons. The number of halogens is 4. The van der Waals surface area contributed by atoms with Crippen LogP contribution in [0.5, 0.6) is 0 Å². The lowest BCUT2D eigenvalue weighted by atomic mass is 10.0. The molecule has 0 aromatic rings. The van der Waals surface area contributed by atoms with E-state index >= 15 is 0 Å². The fraction of sp³-hybridized carbons (Fsp3) is 0.667. The van der Waals surface area contributed by atoms with Gasteiger partial charge in [-0.15, -0.1) is 0 Å². The standard InChI is InChI=1S/C6H6ClF3/c7-6(10)3-1-2-4(8)5(6)9/h1-3H2. The second-order valence-corrected chi connectivity index (χ2v) is 2.88. The second-order valence-electron chi connectivity index (χ2n) is 2.28. The maximum absolute atomic E-state index is 12.6. The first-order chi connectivity index (χ1) is 4.54. The van der Waals surface area contributed by atoms with E-state index in [2.05, 4.69) is 0 Å². The molecule has 10 heavy (non-hydrogen) atoms. The van der Waals surface area contributed by atoms with Gasteiger partial charge in [-0.3, -0.25) is 0 Å². The molecule has 0 nitrogen and oxygen atoms in total. The van der Waals surface area contributed by atoms with Crippen molar-refractivity contribution in [2.24, 2.45) is 0 Å². The quantitative estimate of drug-likeness (QED) is 0.490. The molecule has 0 bridgehead atoms. The van der Waals surface area contributed by atoms with Crippen LogP contribution >= 0.6 is 11.6 Å². The first-order valence-electron chi connectivity index (χ1n) is 2.96. The van der Waals surface area contributed by atoms with Crippen LogP contribution in [0, 0.1) is 0 Å². The van der Waals surface area contributed by atoms with Crippen molar-refractivity contribution in [3.8, 4) is 0 Å². The highest BCUT2D eigenvalue weighted by atomic mass is 35.5. The summed E-state index contributed by atoms with van der Waals surface area (Å²) in [5, 5.41) is -2.58. The number of rotatable bonds is 0. The SMILES string of the molecule is FC1=C(F)C(F)(Cl)CCC1. The van der Waals surface area contributed by atoms with Gasteiger partial charge in [-0.1, -0.05) is 11.6 Å². The van der Waals surface area contributed by atoms with E-state index in [1.54, 1.807) is 0 Å². The molecule has 0 heterocycles. The van der Waals surface area contributed by atoms with Crippen LogP contribution in [0.1, 0.15) is 19.3 Å². The van der Waals surface area contributed by atoms with Crippen LogP contribution in [0.2, 0.25) is 0 Å². The van der Waals surface area contributed by atoms with E-state index in [9.17, 15) is 13.2 Å². The molecule has 0 saturated carbocycles. The molecule has 1 atom stereocenters. The lowest BCUT2D eigenvalue weighted by molar-refractivity contribution is 0.225. The van der Waals surface area contributed by atoms with Crippen molar-refractivity contribution in [2.75, 3.05) is 0 Å². The van der Waals surface area contributed by atoms with Gasteiger partial charge in [0.2, 0.25) is 5.13 Å². The molecular weight excluding hydrogens is 165 g/mol. The Balaban J connectivity index is 2.89. The summed E-state index contributed by atoms with van der Waals surface area (Å²) in [6, 6.07) is 0. The third kappa shape index (κ3) is 1.29. The van der Waals surface area contributed by atoms with Crippen molar-refractivity contribution in [3.63, 3.8) is 0 Å². The number of alkyl halides is 2. The summed E-state index contributed by atoms with van der Waals surface area (Å²) in [4.78, 5) is 0. The highest BCUT2D eigenvalue weighted by molar-refractivity contribution is 6.24. The Morgan fingerprint density at radius 2 is 2.00 bits per heavy atom. The van der Waals surface area contributed by atoms with Gasteiger partial charge in [0.05, 0.1) is 0 Å². The van der Waals surface area contributed by atoms with E-state index in [1.807, 2.05) is 0 Å². The zero-order valence-electron chi connectivity index (χ0n) is 5.13. The van der Waals surface area contributed by atoms with Gasteiger partial charge in [0, 0.05) is 12.8 Å². The van der Waals surface area contributed by atoms with Crippen LogP contribution in [0.3, 0.4) is 0 Å². The molecule has 0 amide bonds. The minimum atomic E-state index is -2.58. The maximum atomic E-state index is 12.6. The highest BCUT2D eigenvalue weighted by Crippen LogP contribution is 2.40. The van der Waals surface area contributed by atoms with Gasteiger partial charge in [0.15, 0.2) is 5.83 Å². The minimum Gasteiger partial charge on any atom is -0.218 e. The van der Waals surface area contributed by atoms with E-state index in [0.29, 0.717) is 0 Å². The van der Waals surface area contributed by atoms with Crippen LogP contribution in [0.4, 0.5) is 13.2 Å². The van der Waals surface area contributed by atoms with Crippen molar-refractivity contribution >= 4 is 11.6 Å². The van der Waals surface area contributed by atoms with Crippen molar-refractivity contribution in [1.29, 1.82) is 0 Å². The van der Waals surface area contributed by atoms with Crippen LogP contribution in [0.25, 0.3) is 0 Å². The Bertz CT molecular complexity index is 174. The molecule has 1 rings (SSSR count). The average Bonchev–Trinajstić information content (AvgIpc) is 1.83. The third-order valence-electron chi connectivity index (χ3n) is 1.45. The molecule has 1 unspecified atom stereocenters. The predicted molar refractivity (Wildman–Crippen MR) is 32.8 cm³/mol. The molecule has 0 fully saturated rings. The van der Waals surface area contributed by atoms with Crippen molar-refractivity contribution in [2.45, 2.75) is 24.4 Å². The molecule has 1 aliphatic carbocycles. The molecule has 0 aromatic heterocycles. The van der Waals surface area contributed by atoms with E-state index < -0.39 is 16.8 Å². The first kappa shape index (κ1) is 7.92. The summed E-state index contributed by atoms with van der Waals surface area (Å²) < 4.78 is 37.2. The van der Waals surface area contributed by atoms with Crippen molar-refractivity contribution in [3.05, 3.63) is 11.7 Å². The number of hydrogen-bond donors (Lipinski definition) is 0.